The van der Waals surface area contributed by atoms with E-state index in [0.29, 0.717) is 18.1 Å². The summed E-state index contributed by atoms with van der Waals surface area (Å²) in [4.78, 5) is 15.4. The topological polar surface area (TPSA) is 89.3 Å². The largest absolute Gasteiger partial charge is 0.497 e. The Kier molecular flexibility index (Phi) is 4.98. The highest BCUT2D eigenvalue weighted by Crippen LogP contribution is 2.19. The summed E-state index contributed by atoms with van der Waals surface area (Å²) in [7, 11) is 1.63. The van der Waals surface area contributed by atoms with E-state index in [1.165, 1.54) is 6.08 Å². The molecule has 6 nitrogen and oxygen atoms in total. The number of anilines is 3. The molecule has 0 aliphatic heterocycles. The molecule has 1 aromatic carbocycles. The molecule has 0 aliphatic rings. The molecule has 114 valence electrons. The summed E-state index contributed by atoms with van der Waals surface area (Å²) in [6.45, 7) is 3.99. The second-order valence-corrected chi connectivity index (χ2v) is 4.52. The smallest absolute Gasteiger partial charge is 0.247 e. The molecule has 0 fully saturated rings. The van der Waals surface area contributed by atoms with Gasteiger partial charge in [-0.15, -0.1) is 0 Å². The Morgan fingerprint density at radius 3 is 2.64 bits per heavy atom. The van der Waals surface area contributed by atoms with Gasteiger partial charge in [0.1, 0.15) is 17.4 Å². The SMILES string of the molecule is C=CC(=O)Nc1ccc(NCc2ccc(OC)cc2)nc1N. The highest BCUT2D eigenvalue weighted by atomic mass is 16.5. The van der Waals surface area contributed by atoms with Crippen LogP contribution in [0, 0.1) is 0 Å². The third-order valence-electron chi connectivity index (χ3n) is 3.00. The first-order valence-electron chi connectivity index (χ1n) is 6.69. The van der Waals surface area contributed by atoms with Crippen molar-refractivity contribution >= 4 is 23.2 Å². The van der Waals surface area contributed by atoms with Gasteiger partial charge in [-0.3, -0.25) is 4.79 Å². The van der Waals surface area contributed by atoms with E-state index in [1.807, 2.05) is 24.3 Å². The molecule has 0 aliphatic carbocycles. The lowest BCUT2D eigenvalue weighted by Crippen LogP contribution is -2.11. The first kappa shape index (κ1) is 15.4. The van der Waals surface area contributed by atoms with Crippen molar-refractivity contribution in [3.8, 4) is 5.75 Å². The van der Waals surface area contributed by atoms with E-state index in [0.717, 1.165) is 11.3 Å². The number of aromatic nitrogens is 1. The van der Waals surface area contributed by atoms with Crippen molar-refractivity contribution in [1.82, 2.24) is 4.98 Å². The maximum absolute atomic E-state index is 11.2. The number of carbonyl (C=O) groups is 1. The fourth-order valence-electron chi connectivity index (χ4n) is 1.80. The number of methoxy groups -OCH3 is 1. The van der Waals surface area contributed by atoms with Crippen molar-refractivity contribution in [3.63, 3.8) is 0 Å². The van der Waals surface area contributed by atoms with E-state index in [1.54, 1.807) is 19.2 Å². The lowest BCUT2D eigenvalue weighted by atomic mass is 10.2. The summed E-state index contributed by atoms with van der Waals surface area (Å²) in [5, 5.41) is 5.76. The molecule has 2 aromatic rings. The molecule has 0 atom stereocenters. The van der Waals surface area contributed by atoms with Crippen molar-refractivity contribution in [1.29, 1.82) is 0 Å². The molecule has 0 unspecified atom stereocenters. The molecular formula is C16H18N4O2. The maximum Gasteiger partial charge on any atom is 0.247 e. The van der Waals surface area contributed by atoms with Crippen LogP contribution in [0.15, 0.2) is 49.1 Å². The van der Waals surface area contributed by atoms with E-state index in [2.05, 4.69) is 22.2 Å². The fraction of sp³-hybridized carbons (Fsp3) is 0.125. The second kappa shape index (κ2) is 7.12. The predicted molar refractivity (Wildman–Crippen MR) is 87.8 cm³/mol. The molecule has 1 aromatic heterocycles. The van der Waals surface area contributed by atoms with Gasteiger partial charge in [-0.05, 0) is 35.9 Å². The minimum atomic E-state index is -0.326. The first-order chi connectivity index (χ1) is 10.6. The van der Waals surface area contributed by atoms with Gasteiger partial charge in [0.05, 0.1) is 12.8 Å². The quantitative estimate of drug-likeness (QED) is 0.713. The molecule has 1 heterocycles. The van der Waals surface area contributed by atoms with E-state index < -0.39 is 0 Å². The monoisotopic (exact) mass is 298 g/mol. The Bertz CT molecular complexity index is 668. The number of pyridine rings is 1. The van der Waals surface area contributed by atoms with Crippen molar-refractivity contribution in [2.45, 2.75) is 6.54 Å². The van der Waals surface area contributed by atoms with Crippen LogP contribution in [0.2, 0.25) is 0 Å². The number of nitrogens with zero attached hydrogens (tertiary/aromatic N) is 1. The average molecular weight is 298 g/mol. The first-order valence-corrected chi connectivity index (χ1v) is 6.69. The van der Waals surface area contributed by atoms with Gasteiger partial charge >= 0.3 is 0 Å². The molecule has 0 spiro atoms. The number of ether oxygens (including phenoxy) is 1. The maximum atomic E-state index is 11.2. The van der Waals surface area contributed by atoms with Crippen LogP contribution < -0.4 is 21.1 Å². The van der Waals surface area contributed by atoms with Gasteiger partial charge in [0, 0.05) is 6.54 Å². The third-order valence-corrected chi connectivity index (χ3v) is 3.00. The summed E-state index contributed by atoms with van der Waals surface area (Å²) in [5.74, 6) is 1.36. The fourth-order valence-corrected chi connectivity index (χ4v) is 1.80. The van der Waals surface area contributed by atoms with Gasteiger partial charge < -0.3 is 21.1 Å². The Morgan fingerprint density at radius 1 is 1.32 bits per heavy atom. The summed E-state index contributed by atoms with van der Waals surface area (Å²) < 4.78 is 5.11. The molecule has 6 heteroatoms. The number of rotatable bonds is 6. The standard InChI is InChI=1S/C16H18N4O2/c1-3-15(21)19-13-8-9-14(20-16(13)17)18-10-11-4-6-12(22-2)7-5-11/h3-9H,1,10H2,2H3,(H,19,21)(H3,17,18,20). The molecular weight excluding hydrogens is 280 g/mol. The molecule has 0 saturated carbocycles. The van der Waals surface area contributed by atoms with Crippen LogP contribution in [0.25, 0.3) is 0 Å². The zero-order valence-corrected chi connectivity index (χ0v) is 12.3. The van der Waals surface area contributed by atoms with Crippen LogP contribution in [0.5, 0.6) is 5.75 Å². The average Bonchev–Trinajstić information content (AvgIpc) is 2.55. The summed E-state index contributed by atoms with van der Waals surface area (Å²) in [6.07, 6.45) is 1.18. The molecule has 0 bridgehead atoms. The van der Waals surface area contributed by atoms with Gasteiger partial charge in [0.25, 0.3) is 0 Å². The molecule has 1 amide bonds. The number of hydrogen-bond donors (Lipinski definition) is 3. The summed E-state index contributed by atoms with van der Waals surface area (Å²) in [6, 6.07) is 11.2. The van der Waals surface area contributed by atoms with Crippen LogP contribution >= 0.6 is 0 Å². The molecule has 2 rings (SSSR count). The number of benzene rings is 1. The normalized spacial score (nSPS) is 9.86. The number of nitrogens with one attached hydrogen (secondary N) is 2. The lowest BCUT2D eigenvalue weighted by Gasteiger charge is -2.10. The van der Waals surface area contributed by atoms with Crippen molar-refractivity contribution in [2.24, 2.45) is 0 Å². The highest BCUT2D eigenvalue weighted by molar-refractivity contribution is 6.00. The van der Waals surface area contributed by atoms with Crippen LogP contribution in [-0.4, -0.2) is 18.0 Å². The van der Waals surface area contributed by atoms with E-state index in [4.69, 9.17) is 10.5 Å². The third kappa shape index (κ3) is 3.99. The Morgan fingerprint density at radius 2 is 2.05 bits per heavy atom. The Hall–Kier alpha value is -3.02. The summed E-state index contributed by atoms with van der Waals surface area (Å²) in [5.41, 5.74) is 7.36. The van der Waals surface area contributed by atoms with Crippen LogP contribution in [0.4, 0.5) is 17.3 Å². The van der Waals surface area contributed by atoms with Gasteiger partial charge in [0.15, 0.2) is 0 Å². The second-order valence-electron chi connectivity index (χ2n) is 4.52. The molecule has 0 radical (unpaired) electrons. The van der Waals surface area contributed by atoms with Crippen molar-refractivity contribution < 1.29 is 9.53 Å². The molecule has 22 heavy (non-hydrogen) atoms. The van der Waals surface area contributed by atoms with Crippen LogP contribution in [0.1, 0.15) is 5.56 Å². The van der Waals surface area contributed by atoms with E-state index >= 15 is 0 Å². The number of amides is 1. The van der Waals surface area contributed by atoms with Gasteiger partial charge in [0.2, 0.25) is 5.91 Å². The van der Waals surface area contributed by atoms with Crippen LogP contribution in [0.3, 0.4) is 0 Å². The van der Waals surface area contributed by atoms with E-state index in [9.17, 15) is 4.79 Å². The highest BCUT2D eigenvalue weighted by Gasteiger charge is 2.05. The number of hydrogen-bond acceptors (Lipinski definition) is 5. The molecule has 4 N–H and O–H groups in total. The summed E-state index contributed by atoms with van der Waals surface area (Å²) >= 11 is 0. The Balaban J connectivity index is 1.99. The minimum Gasteiger partial charge on any atom is -0.497 e. The van der Waals surface area contributed by atoms with E-state index in [-0.39, 0.29) is 11.7 Å². The van der Waals surface area contributed by atoms with Crippen molar-refractivity contribution in [2.75, 3.05) is 23.5 Å². The Labute approximate surface area is 129 Å². The zero-order valence-electron chi connectivity index (χ0n) is 12.3. The molecule has 0 saturated heterocycles. The van der Waals surface area contributed by atoms with Crippen molar-refractivity contribution in [3.05, 3.63) is 54.6 Å². The predicted octanol–water partition coefficient (Wildman–Crippen LogP) is 2.41. The van der Waals surface area contributed by atoms with Gasteiger partial charge in [-0.25, -0.2) is 4.98 Å². The van der Waals surface area contributed by atoms with Crippen LogP contribution in [-0.2, 0) is 11.3 Å². The lowest BCUT2D eigenvalue weighted by molar-refractivity contribution is -0.111. The number of carbonyl (C=O) groups excluding carboxylic acids is 1. The number of nitrogens with two attached hydrogens (primary N) is 1. The number of nitrogen functional groups attached to an aromatic ring is 1. The van der Waals surface area contributed by atoms with Gasteiger partial charge in [-0.2, -0.15) is 0 Å². The zero-order chi connectivity index (χ0) is 15.9. The van der Waals surface area contributed by atoms with Gasteiger partial charge in [-0.1, -0.05) is 18.7 Å². The minimum absolute atomic E-state index is 0.245.